The quantitative estimate of drug-likeness (QED) is 0.710. The van der Waals surface area contributed by atoms with Gasteiger partial charge in [0.05, 0.1) is 0 Å². The van der Waals surface area contributed by atoms with Crippen molar-refractivity contribution < 1.29 is 13.0 Å². The van der Waals surface area contributed by atoms with Crippen LogP contribution in [0.3, 0.4) is 0 Å². The molecule has 0 saturated heterocycles. The third kappa shape index (κ3) is 3.62. The fourth-order valence-electron chi connectivity index (χ4n) is 1.59. The predicted molar refractivity (Wildman–Crippen MR) is 53.1 cm³/mol. The lowest BCUT2D eigenvalue weighted by Crippen LogP contribution is -2.47. The van der Waals surface area contributed by atoms with Crippen LogP contribution in [0.4, 0.5) is 0 Å². The van der Waals surface area contributed by atoms with E-state index in [1.54, 1.807) is 4.90 Å². The van der Waals surface area contributed by atoms with Crippen molar-refractivity contribution in [3.63, 3.8) is 0 Å². The van der Waals surface area contributed by atoms with Gasteiger partial charge in [-0.3, -0.25) is 9.45 Å². The molecule has 1 atom stereocenters. The smallest absolute Gasteiger partial charge is 0.281 e. The molecule has 0 radical (unpaired) electrons. The minimum absolute atomic E-state index is 0.0944. The Morgan fingerprint density at radius 2 is 1.31 bits per heavy atom. The van der Waals surface area contributed by atoms with Crippen molar-refractivity contribution in [1.29, 1.82) is 0 Å². The van der Waals surface area contributed by atoms with Crippen molar-refractivity contribution in [1.82, 2.24) is 4.90 Å². The van der Waals surface area contributed by atoms with E-state index in [9.17, 15) is 8.42 Å². The Kier molecular flexibility index (Phi) is 4.35. The van der Waals surface area contributed by atoms with Crippen molar-refractivity contribution in [3.8, 4) is 0 Å². The van der Waals surface area contributed by atoms with Crippen LogP contribution >= 0.6 is 0 Å². The van der Waals surface area contributed by atoms with Crippen LogP contribution in [0.15, 0.2) is 0 Å². The van der Waals surface area contributed by atoms with E-state index in [-0.39, 0.29) is 12.1 Å². The van der Waals surface area contributed by atoms with Gasteiger partial charge in [-0.25, -0.2) is 0 Å². The second-order valence-corrected chi connectivity index (χ2v) is 5.46. The monoisotopic (exact) mass is 209 g/mol. The van der Waals surface area contributed by atoms with Crippen LogP contribution in [-0.2, 0) is 10.1 Å². The van der Waals surface area contributed by atoms with Crippen LogP contribution in [0.25, 0.3) is 0 Å². The molecule has 0 aromatic carbocycles. The van der Waals surface area contributed by atoms with E-state index in [4.69, 9.17) is 4.55 Å². The van der Waals surface area contributed by atoms with E-state index < -0.39 is 15.5 Å². The SMILES string of the molecule is CC(C)N(C(C)C)C(C)S(=O)(=O)O. The maximum atomic E-state index is 10.9. The summed E-state index contributed by atoms with van der Waals surface area (Å²) in [6, 6.07) is 0.189. The zero-order valence-electron chi connectivity index (χ0n) is 8.85. The van der Waals surface area contributed by atoms with Gasteiger partial charge in [0.2, 0.25) is 0 Å². The van der Waals surface area contributed by atoms with Crippen LogP contribution in [0.5, 0.6) is 0 Å². The second-order valence-electron chi connectivity index (χ2n) is 3.75. The van der Waals surface area contributed by atoms with Crippen LogP contribution in [0.2, 0.25) is 0 Å². The van der Waals surface area contributed by atoms with Crippen LogP contribution in [-0.4, -0.2) is 35.3 Å². The Balaban J connectivity index is 4.77. The summed E-state index contributed by atoms with van der Waals surface area (Å²) in [6.45, 7) is 9.11. The van der Waals surface area contributed by atoms with Gasteiger partial charge in [0.25, 0.3) is 10.1 Å². The van der Waals surface area contributed by atoms with Gasteiger partial charge in [0.1, 0.15) is 5.37 Å². The second kappa shape index (κ2) is 4.39. The average molecular weight is 209 g/mol. The first-order valence-electron chi connectivity index (χ1n) is 4.41. The molecule has 0 saturated carbocycles. The molecule has 0 amide bonds. The topological polar surface area (TPSA) is 57.6 Å². The van der Waals surface area contributed by atoms with Crippen molar-refractivity contribution >= 4 is 10.1 Å². The van der Waals surface area contributed by atoms with Gasteiger partial charge in [0, 0.05) is 12.1 Å². The van der Waals surface area contributed by atoms with E-state index in [1.165, 1.54) is 6.92 Å². The molecule has 13 heavy (non-hydrogen) atoms. The molecule has 0 spiro atoms. The highest BCUT2D eigenvalue weighted by molar-refractivity contribution is 7.86. The number of rotatable bonds is 4. The number of hydrogen-bond acceptors (Lipinski definition) is 3. The van der Waals surface area contributed by atoms with E-state index >= 15 is 0 Å². The highest BCUT2D eigenvalue weighted by Gasteiger charge is 2.28. The minimum atomic E-state index is -3.97. The first kappa shape index (κ1) is 12.9. The summed E-state index contributed by atoms with van der Waals surface area (Å²) in [7, 11) is -3.97. The Morgan fingerprint density at radius 1 is 1.00 bits per heavy atom. The Bertz CT molecular complexity index is 238. The molecule has 5 heteroatoms. The summed E-state index contributed by atoms with van der Waals surface area (Å²) in [6.07, 6.45) is 0. The summed E-state index contributed by atoms with van der Waals surface area (Å²) in [4.78, 5) is 1.75. The van der Waals surface area contributed by atoms with E-state index in [2.05, 4.69) is 0 Å². The standard InChI is InChI=1S/C8H19NO3S/c1-6(2)9(7(3)4)8(5)13(10,11)12/h6-8H,1-5H3,(H,10,11,12). The highest BCUT2D eigenvalue weighted by Crippen LogP contribution is 2.14. The van der Waals surface area contributed by atoms with Crippen LogP contribution in [0, 0.1) is 0 Å². The molecule has 4 nitrogen and oxygen atoms in total. The maximum absolute atomic E-state index is 10.9. The lowest BCUT2D eigenvalue weighted by Gasteiger charge is -2.34. The van der Waals surface area contributed by atoms with Crippen molar-refractivity contribution in [2.24, 2.45) is 0 Å². The third-order valence-corrected chi connectivity index (χ3v) is 3.15. The average Bonchev–Trinajstić information content (AvgIpc) is 1.82. The zero-order valence-corrected chi connectivity index (χ0v) is 9.67. The molecule has 0 aliphatic heterocycles. The highest BCUT2D eigenvalue weighted by atomic mass is 32.2. The summed E-state index contributed by atoms with van der Waals surface area (Å²) in [5.41, 5.74) is 0. The molecule has 0 aromatic rings. The molecule has 0 aliphatic carbocycles. The van der Waals surface area contributed by atoms with Crippen molar-refractivity contribution in [3.05, 3.63) is 0 Å². The maximum Gasteiger partial charge on any atom is 0.281 e. The van der Waals surface area contributed by atoms with Gasteiger partial charge in [-0.05, 0) is 34.6 Å². The molecule has 80 valence electrons. The van der Waals surface area contributed by atoms with Crippen molar-refractivity contribution in [2.75, 3.05) is 0 Å². The molecule has 1 N–H and O–H groups in total. The van der Waals surface area contributed by atoms with E-state index in [0.29, 0.717) is 0 Å². The molecule has 0 heterocycles. The van der Waals surface area contributed by atoms with Gasteiger partial charge >= 0.3 is 0 Å². The molecule has 0 rings (SSSR count). The largest absolute Gasteiger partial charge is 0.284 e. The molecular formula is C8H19NO3S. The minimum Gasteiger partial charge on any atom is -0.284 e. The Labute approximate surface area is 80.7 Å². The van der Waals surface area contributed by atoms with Gasteiger partial charge in [-0.2, -0.15) is 8.42 Å². The fourth-order valence-corrected chi connectivity index (χ4v) is 2.38. The van der Waals surface area contributed by atoms with Gasteiger partial charge < -0.3 is 0 Å². The van der Waals surface area contributed by atoms with Gasteiger partial charge in [-0.15, -0.1) is 0 Å². The van der Waals surface area contributed by atoms with Crippen LogP contribution in [0.1, 0.15) is 34.6 Å². The fraction of sp³-hybridized carbons (Fsp3) is 1.00. The Morgan fingerprint density at radius 3 is 1.38 bits per heavy atom. The lowest BCUT2D eigenvalue weighted by molar-refractivity contribution is 0.156. The van der Waals surface area contributed by atoms with Crippen molar-refractivity contribution in [2.45, 2.75) is 52.1 Å². The zero-order chi connectivity index (χ0) is 10.8. The molecular weight excluding hydrogens is 190 g/mol. The summed E-state index contributed by atoms with van der Waals surface area (Å²) in [5, 5.41) is -0.840. The summed E-state index contributed by atoms with van der Waals surface area (Å²) < 4.78 is 30.7. The third-order valence-electron chi connectivity index (χ3n) is 2.04. The summed E-state index contributed by atoms with van der Waals surface area (Å²) >= 11 is 0. The van der Waals surface area contributed by atoms with E-state index in [1.807, 2.05) is 27.7 Å². The first-order chi connectivity index (χ1) is 5.68. The van der Waals surface area contributed by atoms with Crippen LogP contribution < -0.4 is 0 Å². The van der Waals surface area contributed by atoms with Gasteiger partial charge in [-0.1, -0.05) is 0 Å². The first-order valence-corrected chi connectivity index (χ1v) is 5.92. The predicted octanol–water partition coefficient (Wildman–Crippen LogP) is 1.34. The van der Waals surface area contributed by atoms with E-state index in [0.717, 1.165) is 0 Å². The molecule has 1 unspecified atom stereocenters. The normalized spacial score (nSPS) is 15.8. The Hall–Kier alpha value is -0.130. The lowest BCUT2D eigenvalue weighted by atomic mass is 10.2. The molecule has 0 aromatic heterocycles. The number of hydrogen-bond donors (Lipinski definition) is 1. The number of nitrogens with zero attached hydrogens (tertiary/aromatic N) is 1. The molecule has 0 bridgehead atoms. The molecule has 0 aliphatic rings. The molecule has 0 fully saturated rings. The summed E-state index contributed by atoms with van der Waals surface area (Å²) in [5.74, 6) is 0. The van der Waals surface area contributed by atoms with Gasteiger partial charge in [0.15, 0.2) is 0 Å².